The van der Waals surface area contributed by atoms with Gasteiger partial charge < -0.3 is 15.5 Å². The van der Waals surface area contributed by atoms with Crippen molar-refractivity contribution in [3.05, 3.63) is 93.3 Å². The van der Waals surface area contributed by atoms with Gasteiger partial charge in [-0.25, -0.2) is 22.2 Å². The molecule has 1 aromatic carbocycles. The second kappa shape index (κ2) is 16.5. The normalized spacial score (nSPS) is 11.4. The summed E-state index contributed by atoms with van der Waals surface area (Å²) in [6.07, 6.45) is -0.909. The monoisotopic (exact) mass is 608 g/mol. The van der Waals surface area contributed by atoms with Crippen LogP contribution in [-0.4, -0.2) is 34.0 Å². The van der Waals surface area contributed by atoms with Crippen molar-refractivity contribution in [3.63, 3.8) is 0 Å². The fraction of sp³-hybridized carbons (Fsp3) is 0.419. The van der Waals surface area contributed by atoms with E-state index in [1.165, 1.54) is 36.9 Å². The van der Waals surface area contributed by atoms with Crippen LogP contribution in [0.3, 0.4) is 0 Å². The maximum atomic E-state index is 14.9. The summed E-state index contributed by atoms with van der Waals surface area (Å²) in [5.41, 5.74) is -0.0173. The standard InChI is InChI=1S/C29H35F5N6O.C2H6/c1-6-40(13-7-12-35-25-17-36-39(5)28(25)34)26-11-8-20(15-22(31)14-18(2)29(41)38(26)4)19(3)37-24-10-9-21(30)16-23(24)27(32)33;1-2/h8-11,14-17,19,27,35,37H,6-7,12-13H2,1-5H3;1-2H3/t19-;/m1./s1. The minimum atomic E-state index is -2.91. The average molecular weight is 609 g/mol. The van der Waals surface area contributed by atoms with Gasteiger partial charge in [0.05, 0.1) is 6.20 Å². The van der Waals surface area contributed by atoms with Crippen LogP contribution in [0.4, 0.5) is 39.1 Å². The number of nitrogens with one attached hydrogen (secondary N) is 2. The molecule has 43 heavy (non-hydrogen) atoms. The minimum absolute atomic E-state index is 0.0247. The van der Waals surface area contributed by atoms with E-state index >= 15 is 0 Å². The first-order valence-electron chi connectivity index (χ1n) is 14.2. The van der Waals surface area contributed by atoms with E-state index in [-0.39, 0.29) is 11.3 Å². The summed E-state index contributed by atoms with van der Waals surface area (Å²) in [4.78, 5) is 15.0. The first kappa shape index (κ1) is 35.1. The van der Waals surface area contributed by atoms with E-state index in [2.05, 4.69) is 15.7 Å². The van der Waals surface area contributed by atoms with Crippen LogP contribution in [0.25, 0.3) is 0 Å². The molecular weight excluding hydrogens is 567 g/mol. The highest BCUT2D eigenvalue weighted by Gasteiger charge is 2.17. The summed E-state index contributed by atoms with van der Waals surface area (Å²) >= 11 is 0. The Kier molecular flexibility index (Phi) is 13.5. The Morgan fingerprint density at radius 3 is 2.28 bits per heavy atom. The number of anilines is 3. The molecule has 2 heterocycles. The van der Waals surface area contributed by atoms with Gasteiger partial charge in [0.1, 0.15) is 23.1 Å². The van der Waals surface area contributed by atoms with Gasteiger partial charge in [0.2, 0.25) is 5.95 Å². The molecule has 0 unspecified atom stereocenters. The Balaban J connectivity index is 0.00000316. The number of alkyl halides is 2. The summed E-state index contributed by atoms with van der Waals surface area (Å²) in [6, 6.07) is 8.02. The van der Waals surface area contributed by atoms with Gasteiger partial charge in [0.15, 0.2) is 0 Å². The Morgan fingerprint density at radius 1 is 0.977 bits per heavy atom. The fourth-order valence-electron chi connectivity index (χ4n) is 4.39. The lowest BCUT2D eigenvalue weighted by molar-refractivity contribution is 0.151. The van der Waals surface area contributed by atoms with E-state index in [1.54, 1.807) is 26.1 Å². The number of hydrogen-bond acceptors (Lipinski definition) is 5. The topological polar surface area (TPSA) is 67.1 Å². The van der Waals surface area contributed by atoms with Crippen LogP contribution in [0.1, 0.15) is 63.3 Å². The third-order valence-electron chi connectivity index (χ3n) is 6.68. The molecule has 7 nitrogen and oxygen atoms in total. The third-order valence-corrected chi connectivity index (χ3v) is 6.68. The summed E-state index contributed by atoms with van der Waals surface area (Å²) in [5, 5.41) is 9.80. The molecule has 0 bridgehead atoms. The van der Waals surface area contributed by atoms with Gasteiger partial charge in [-0.3, -0.25) is 9.36 Å². The van der Waals surface area contributed by atoms with Crippen LogP contribution in [-0.2, 0) is 14.1 Å². The van der Waals surface area contributed by atoms with Crippen LogP contribution in [0.15, 0.2) is 53.5 Å². The highest BCUT2D eigenvalue weighted by atomic mass is 19.3. The Labute approximate surface area is 249 Å². The van der Waals surface area contributed by atoms with Crippen molar-refractivity contribution < 1.29 is 22.0 Å². The van der Waals surface area contributed by atoms with E-state index in [0.717, 1.165) is 22.9 Å². The molecule has 0 aliphatic rings. The van der Waals surface area contributed by atoms with Crippen molar-refractivity contribution in [1.29, 1.82) is 0 Å². The maximum absolute atomic E-state index is 14.9. The molecule has 3 rings (SSSR count). The Bertz CT molecular complexity index is 1470. The van der Waals surface area contributed by atoms with Gasteiger partial charge in [-0.05, 0) is 69.2 Å². The van der Waals surface area contributed by atoms with Gasteiger partial charge in [-0.1, -0.05) is 19.9 Å². The van der Waals surface area contributed by atoms with Crippen LogP contribution >= 0.6 is 0 Å². The Hall–Kier alpha value is -4.09. The highest BCUT2D eigenvalue weighted by molar-refractivity contribution is 5.53. The van der Waals surface area contributed by atoms with E-state index in [9.17, 15) is 26.7 Å². The average Bonchev–Trinajstić information content (AvgIpc) is 3.30. The van der Waals surface area contributed by atoms with Gasteiger partial charge in [0, 0.05) is 56.6 Å². The van der Waals surface area contributed by atoms with Crippen molar-refractivity contribution >= 4 is 17.2 Å². The predicted octanol–water partition coefficient (Wildman–Crippen LogP) is 7.43. The molecule has 236 valence electrons. The SMILES string of the molecule is CC.CCN(CCCNc1cnn(C)c1F)c1ccc([C@@H](C)Nc2ccc(F)cc2C(F)F)cc(F)cc(C)c(=O)n1C. The van der Waals surface area contributed by atoms with Crippen molar-refractivity contribution in [2.45, 2.75) is 53.5 Å². The molecular formula is C31H41F5N6O. The molecule has 2 N–H and O–H groups in total. The first-order chi connectivity index (χ1) is 20.4. The summed E-state index contributed by atoms with van der Waals surface area (Å²) in [5.74, 6) is -1.41. The second-order valence-corrected chi connectivity index (χ2v) is 9.64. The molecule has 2 aromatic heterocycles. The molecule has 0 amide bonds. The fourth-order valence-corrected chi connectivity index (χ4v) is 4.39. The zero-order valence-corrected chi connectivity index (χ0v) is 25.7. The van der Waals surface area contributed by atoms with E-state index < -0.39 is 41.2 Å². The number of aryl methyl sites for hydroxylation is 2. The Morgan fingerprint density at radius 2 is 1.67 bits per heavy atom. The van der Waals surface area contributed by atoms with E-state index in [0.29, 0.717) is 43.1 Å². The molecule has 0 spiro atoms. The number of aromatic nitrogens is 3. The molecule has 3 aromatic rings. The lowest BCUT2D eigenvalue weighted by Crippen LogP contribution is -2.31. The van der Waals surface area contributed by atoms with Gasteiger partial charge in [-0.15, -0.1) is 0 Å². The molecule has 0 fully saturated rings. The van der Waals surface area contributed by atoms with Crippen LogP contribution in [0.5, 0.6) is 0 Å². The van der Waals surface area contributed by atoms with E-state index in [1.807, 2.05) is 25.7 Å². The zero-order chi connectivity index (χ0) is 32.3. The first-order valence-corrected chi connectivity index (χ1v) is 14.2. The zero-order valence-electron chi connectivity index (χ0n) is 25.7. The van der Waals surface area contributed by atoms with Gasteiger partial charge >= 0.3 is 0 Å². The van der Waals surface area contributed by atoms with Crippen LogP contribution in [0, 0.1) is 24.5 Å². The number of hydrogen-bond donors (Lipinski definition) is 2. The van der Waals surface area contributed by atoms with Gasteiger partial charge in [-0.2, -0.15) is 9.49 Å². The largest absolute Gasteiger partial charge is 0.380 e. The number of nitrogens with zero attached hydrogens (tertiary/aromatic N) is 4. The van der Waals surface area contributed by atoms with E-state index in [4.69, 9.17) is 0 Å². The molecule has 12 heteroatoms. The van der Waals surface area contributed by atoms with Crippen molar-refractivity contribution in [3.8, 4) is 0 Å². The number of halogens is 5. The number of rotatable bonds is 11. The van der Waals surface area contributed by atoms with Crippen LogP contribution < -0.4 is 21.1 Å². The van der Waals surface area contributed by atoms with Gasteiger partial charge in [0.25, 0.3) is 12.0 Å². The van der Waals surface area contributed by atoms with Crippen molar-refractivity contribution in [2.24, 2.45) is 14.1 Å². The second-order valence-electron chi connectivity index (χ2n) is 9.64. The quantitative estimate of drug-likeness (QED) is 0.175. The van der Waals surface area contributed by atoms with Crippen molar-refractivity contribution in [1.82, 2.24) is 14.3 Å². The molecule has 1 atom stereocenters. The molecule has 0 saturated carbocycles. The summed E-state index contributed by atoms with van der Waals surface area (Å²) in [6.45, 7) is 10.6. The minimum Gasteiger partial charge on any atom is -0.380 e. The molecule has 0 radical (unpaired) electrons. The van der Waals surface area contributed by atoms with Crippen LogP contribution in [0.2, 0.25) is 0 Å². The predicted molar refractivity (Wildman–Crippen MR) is 163 cm³/mol. The summed E-state index contributed by atoms with van der Waals surface area (Å²) < 4.78 is 72.1. The molecule has 0 saturated heterocycles. The molecule has 0 aliphatic heterocycles. The number of benzene rings is 1. The summed E-state index contributed by atoms with van der Waals surface area (Å²) in [7, 11) is 3.09. The molecule has 0 aliphatic carbocycles. The lowest BCUT2D eigenvalue weighted by atomic mass is 10.1. The third kappa shape index (κ3) is 9.45. The smallest absolute Gasteiger partial charge is 0.265 e. The maximum Gasteiger partial charge on any atom is 0.265 e. The van der Waals surface area contributed by atoms with Crippen molar-refractivity contribution in [2.75, 3.05) is 35.2 Å². The highest BCUT2D eigenvalue weighted by Crippen LogP contribution is 2.30. The lowest BCUT2D eigenvalue weighted by Gasteiger charge is -2.25.